The summed E-state index contributed by atoms with van der Waals surface area (Å²) in [5, 5.41) is 0. The predicted octanol–water partition coefficient (Wildman–Crippen LogP) is 1.07. The molecular formula is C21H23NO9. The Kier molecular flexibility index (Phi) is 6.40. The second-order valence-electron chi connectivity index (χ2n) is 7.40. The van der Waals surface area contributed by atoms with E-state index in [9.17, 15) is 24.0 Å². The van der Waals surface area contributed by atoms with Crippen LogP contribution in [-0.4, -0.2) is 65.8 Å². The fraction of sp³-hybridized carbons (Fsp3) is 0.476. The molecule has 0 spiro atoms. The third kappa shape index (κ3) is 4.43. The summed E-state index contributed by atoms with van der Waals surface area (Å²) in [5.74, 6) is -3.78. The standard InChI is InChI=1S/C21H23NO9/c1-10-16(9-28-11(2)23)31-21(30-13(4)25)17(18(10)29-12(3)24)22-19(26)14-7-5-6-8-15(14)20(22)27/h5-8,10,16-18,21H,9H2,1-4H3. The summed E-state index contributed by atoms with van der Waals surface area (Å²) < 4.78 is 21.6. The molecule has 1 saturated heterocycles. The molecule has 10 heteroatoms. The Morgan fingerprint density at radius 2 is 1.48 bits per heavy atom. The number of hydrogen-bond acceptors (Lipinski definition) is 9. The second kappa shape index (κ2) is 8.84. The number of ether oxygens (including phenoxy) is 4. The van der Waals surface area contributed by atoms with E-state index in [0.29, 0.717) is 0 Å². The minimum atomic E-state index is -1.43. The summed E-state index contributed by atoms with van der Waals surface area (Å²) in [7, 11) is 0. The topological polar surface area (TPSA) is 126 Å². The lowest BCUT2D eigenvalue weighted by molar-refractivity contribution is -0.261. The number of hydrogen-bond donors (Lipinski definition) is 0. The quantitative estimate of drug-likeness (QED) is 0.381. The Hall–Kier alpha value is -3.27. The van der Waals surface area contributed by atoms with E-state index in [1.807, 2.05) is 0 Å². The van der Waals surface area contributed by atoms with E-state index in [2.05, 4.69) is 0 Å². The number of carbonyl (C=O) groups excluding carboxylic acids is 5. The zero-order valence-electron chi connectivity index (χ0n) is 17.5. The van der Waals surface area contributed by atoms with E-state index >= 15 is 0 Å². The number of esters is 3. The second-order valence-corrected chi connectivity index (χ2v) is 7.40. The third-order valence-corrected chi connectivity index (χ3v) is 5.19. The largest absolute Gasteiger partial charge is 0.463 e. The van der Waals surface area contributed by atoms with Crippen molar-refractivity contribution in [2.45, 2.75) is 52.2 Å². The number of rotatable bonds is 5. The summed E-state index contributed by atoms with van der Waals surface area (Å²) >= 11 is 0. The lowest BCUT2D eigenvalue weighted by atomic mass is 9.88. The van der Waals surface area contributed by atoms with Gasteiger partial charge in [-0.3, -0.25) is 28.9 Å². The Balaban J connectivity index is 2.02. The van der Waals surface area contributed by atoms with Crippen molar-refractivity contribution in [2.75, 3.05) is 6.61 Å². The highest BCUT2D eigenvalue weighted by Gasteiger charge is 2.55. The van der Waals surface area contributed by atoms with E-state index in [1.165, 1.54) is 26.0 Å². The highest BCUT2D eigenvalue weighted by Crippen LogP contribution is 2.36. The first-order valence-corrected chi connectivity index (χ1v) is 9.72. The van der Waals surface area contributed by atoms with Crippen LogP contribution in [0.1, 0.15) is 48.4 Å². The van der Waals surface area contributed by atoms with Crippen LogP contribution in [0.4, 0.5) is 0 Å². The maximum Gasteiger partial charge on any atom is 0.305 e. The van der Waals surface area contributed by atoms with Crippen LogP contribution in [0.2, 0.25) is 0 Å². The summed E-state index contributed by atoms with van der Waals surface area (Å²) in [6.45, 7) is 5.02. The molecule has 0 bridgehead atoms. The van der Waals surface area contributed by atoms with Crippen molar-refractivity contribution >= 4 is 29.7 Å². The molecule has 5 atom stereocenters. The number of amides is 2. The smallest absolute Gasteiger partial charge is 0.305 e. The van der Waals surface area contributed by atoms with E-state index in [-0.39, 0.29) is 17.7 Å². The lowest BCUT2D eigenvalue weighted by Crippen LogP contribution is -2.64. The first-order valence-electron chi connectivity index (χ1n) is 9.72. The van der Waals surface area contributed by atoms with Crippen molar-refractivity contribution in [1.29, 1.82) is 0 Å². The summed E-state index contributed by atoms with van der Waals surface area (Å²) in [6.07, 6.45) is -3.32. The highest BCUT2D eigenvalue weighted by atomic mass is 16.7. The maximum absolute atomic E-state index is 13.1. The average Bonchev–Trinajstić information content (AvgIpc) is 2.93. The predicted molar refractivity (Wildman–Crippen MR) is 103 cm³/mol. The molecule has 0 saturated carbocycles. The lowest BCUT2D eigenvalue weighted by Gasteiger charge is -2.46. The van der Waals surface area contributed by atoms with Gasteiger partial charge < -0.3 is 18.9 Å². The van der Waals surface area contributed by atoms with Crippen LogP contribution in [-0.2, 0) is 33.3 Å². The number of nitrogens with zero attached hydrogens (tertiary/aromatic N) is 1. The van der Waals surface area contributed by atoms with Crippen LogP contribution < -0.4 is 0 Å². The SMILES string of the molecule is CC(=O)OCC1OC(OC(C)=O)C(N2C(=O)c3ccccc3C2=O)C(OC(C)=O)C1C. The zero-order valence-corrected chi connectivity index (χ0v) is 17.5. The van der Waals surface area contributed by atoms with Gasteiger partial charge in [0.25, 0.3) is 11.8 Å². The molecule has 31 heavy (non-hydrogen) atoms. The summed E-state index contributed by atoms with van der Waals surface area (Å²) in [6, 6.07) is 5.02. The minimum absolute atomic E-state index is 0.185. The Morgan fingerprint density at radius 1 is 0.935 bits per heavy atom. The van der Waals surface area contributed by atoms with E-state index in [4.69, 9.17) is 18.9 Å². The van der Waals surface area contributed by atoms with Crippen molar-refractivity contribution < 1.29 is 42.9 Å². The number of benzene rings is 1. The first-order chi connectivity index (χ1) is 14.6. The molecule has 2 amide bonds. The van der Waals surface area contributed by atoms with Gasteiger partial charge in [0, 0.05) is 26.7 Å². The van der Waals surface area contributed by atoms with Crippen molar-refractivity contribution in [3.8, 4) is 0 Å². The summed E-state index contributed by atoms with van der Waals surface area (Å²) in [5.41, 5.74) is 0.371. The van der Waals surface area contributed by atoms with Gasteiger partial charge in [-0.1, -0.05) is 19.1 Å². The fourth-order valence-corrected chi connectivity index (χ4v) is 3.82. The molecule has 10 nitrogen and oxygen atoms in total. The van der Waals surface area contributed by atoms with Gasteiger partial charge in [-0.25, -0.2) is 0 Å². The van der Waals surface area contributed by atoms with Gasteiger partial charge in [0.05, 0.1) is 11.1 Å². The maximum atomic E-state index is 13.1. The van der Waals surface area contributed by atoms with Crippen LogP contribution in [0.3, 0.4) is 0 Å². The van der Waals surface area contributed by atoms with E-state index < -0.39 is 60.2 Å². The molecule has 2 aliphatic heterocycles. The molecule has 5 unspecified atom stereocenters. The van der Waals surface area contributed by atoms with E-state index in [1.54, 1.807) is 19.1 Å². The van der Waals surface area contributed by atoms with E-state index in [0.717, 1.165) is 11.8 Å². The molecule has 0 aliphatic carbocycles. The van der Waals surface area contributed by atoms with Gasteiger partial charge in [0.1, 0.15) is 24.9 Å². The minimum Gasteiger partial charge on any atom is -0.463 e. The molecule has 0 radical (unpaired) electrons. The van der Waals surface area contributed by atoms with Crippen molar-refractivity contribution in [2.24, 2.45) is 5.92 Å². The molecule has 0 N–H and O–H groups in total. The Bertz CT molecular complexity index is 892. The number of carbonyl (C=O) groups is 5. The van der Waals surface area contributed by atoms with Gasteiger partial charge >= 0.3 is 17.9 Å². The van der Waals surface area contributed by atoms with Crippen LogP contribution in [0, 0.1) is 5.92 Å². The molecule has 2 aliphatic rings. The van der Waals surface area contributed by atoms with Gasteiger partial charge in [-0.05, 0) is 12.1 Å². The molecule has 166 valence electrons. The summed E-state index contributed by atoms with van der Waals surface area (Å²) in [4.78, 5) is 61.9. The van der Waals surface area contributed by atoms with Crippen molar-refractivity contribution in [3.05, 3.63) is 35.4 Å². The van der Waals surface area contributed by atoms with Gasteiger partial charge in [-0.15, -0.1) is 0 Å². The van der Waals surface area contributed by atoms with Gasteiger partial charge in [0.15, 0.2) is 0 Å². The molecule has 3 rings (SSSR count). The fourth-order valence-electron chi connectivity index (χ4n) is 3.82. The normalized spacial score (nSPS) is 27.5. The highest BCUT2D eigenvalue weighted by molar-refractivity contribution is 6.21. The molecular weight excluding hydrogens is 410 g/mol. The van der Waals surface area contributed by atoms with Gasteiger partial charge in [-0.2, -0.15) is 0 Å². The monoisotopic (exact) mass is 433 g/mol. The molecule has 2 heterocycles. The average molecular weight is 433 g/mol. The molecule has 1 aromatic carbocycles. The van der Waals surface area contributed by atoms with Gasteiger partial charge in [0.2, 0.25) is 6.29 Å². The van der Waals surface area contributed by atoms with Crippen molar-refractivity contribution in [3.63, 3.8) is 0 Å². The van der Waals surface area contributed by atoms with Crippen LogP contribution >= 0.6 is 0 Å². The molecule has 1 aromatic rings. The molecule has 0 aromatic heterocycles. The van der Waals surface area contributed by atoms with Crippen LogP contribution in [0.25, 0.3) is 0 Å². The van der Waals surface area contributed by atoms with Crippen molar-refractivity contribution in [1.82, 2.24) is 4.90 Å². The third-order valence-electron chi connectivity index (χ3n) is 5.19. The van der Waals surface area contributed by atoms with Crippen LogP contribution in [0.5, 0.6) is 0 Å². The van der Waals surface area contributed by atoms with Crippen LogP contribution in [0.15, 0.2) is 24.3 Å². The molecule has 1 fully saturated rings. The zero-order chi connectivity index (χ0) is 22.9. The number of imide groups is 1. The Labute approximate surface area is 178 Å². The first kappa shape index (κ1) is 22.4. The Morgan fingerprint density at radius 3 is 1.97 bits per heavy atom. The number of fused-ring (bicyclic) bond motifs is 1.